The van der Waals surface area contributed by atoms with E-state index < -0.39 is 44.9 Å². The maximum atomic E-state index is 15.0. The fraction of sp³-hybridized carbons (Fsp3) is 0.130. The van der Waals surface area contributed by atoms with Crippen molar-refractivity contribution in [1.29, 1.82) is 0 Å². The maximum absolute atomic E-state index is 15.0. The molecule has 0 atom stereocenters. The second kappa shape index (κ2) is 9.39. The Morgan fingerprint density at radius 1 is 1.09 bits per heavy atom. The van der Waals surface area contributed by atoms with Crippen LogP contribution in [0.2, 0.25) is 0 Å². The first-order chi connectivity index (χ1) is 16.6. The molecule has 0 radical (unpaired) electrons. The third-order valence-corrected chi connectivity index (χ3v) is 6.26. The zero-order valence-corrected chi connectivity index (χ0v) is 19.2. The summed E-state index contributed by atoms with van der Waals surface area (Å²) in [7, 11) is -2.80. The van der Waals surface area contributed by atoms with Gasteiger partial charge in [0.15, 0.2) is 23.2 Å². The monoisotopic (exact) mass is 505 g/mol. The van der Waals surface area contributed by atoms with Crippen LogP contribution in [0.15, 0.2) is 57.9 Å². The summed E-state index contributed by atoms with van der Waals surface area (Å²) in [6, 6.07) is 8.63. The van der Waals surface area contributed by atoms with Gasteiger partial charge in [-0.15, -0.1) is 0 Å². The molecule has 4 aromatic rings. The number of aromatic nitrogens is 1. The molecule has 0 saturated heterocycles. The van der Waals surface area contributed by atoms with Gasteiger partial charge in [0.25, 0.3) is 16.1 Å². The van der Waals surface area contributed by atoms with E-state index in [4.69, 9.17) is 9.15 Å². The van der Waals surface area contributed by atoms with Crippen LogP contribution in [-0.4, -0.2) is 20.4 Å². The predicted molar refractivity (Wildman–Crippen MR) is 122 cm³/mol. The summed E-state index contributed by atoms with van der Waals surface area (Å²) in [6.45, 7) is 1.54. The number of hydrogen-bond acceptors (Lipinski definition) is 6. The van der Waals surface area contributed by atoms with Gasteiger partial charge < -0.3 is 9.15 Å². The average Bonchev–Trinajstić information content (AvgIpc) is 2.81. The first-order valence-electron chi connectivity index (χ1n) is 10.1. The predicted octanol–water partition coefficient (Wildman–Crippen LogP) is 4.17. The van der Waals surface area contributed by atoms with Gasteiger partial charge in [-0.2, -0.15) is 8.42 Å². The van der Waals surface area contributed by atoms with E-state index in [1.54, 1.807) is 6.92 Å². The second-order valence-corrected chi connectivity index (χ2v) is 9.05. The highest BCUT2D eigenvalue weighted by atomic mass is 32.2. The molecule has 35 heavy (non-hydrogen) atoms. The number of rotatable bonds is 7. The molecular weight excluding hydrogens is 487 g/mol. The van der Waals surface area contributed by atoms with Crippen LogP contribution in [-0.2, 0) is 16.6 Å². The summed E-state index contributed by atoms with van der Waals surface area (Å²) in [4.78, 5) is 16.4. The Labute approximate surface area is 197 Å². The second-order valence-electron chi connectivity index (χ2n) is 7.43. The smallest absolute Gasteiger partial charge is 0.340 e. The van der Waals surface area contributed by atoms with E-state index in [1.807, 2.05) is 9.44 Å². The first-order valence-corrected chi connectivity index (χ1v) is 11.6. The summed E-state index contributed by atoms with van der Waals surface area (Å²) < 4.78 is 81.5. The fourth-order valence-corrected chi connectivity index (χ4v) is 3.95. The van der Waals surface area contributed by atoms with Gasteiger partial charge in [0, 0.05) is 36.7 Å². The van der Waals surface area contributed by atoms with E-state index in [9.17, 15) is 26.4 Å². The Hall–Kier alpha value is -3.90. The van der Waals surface area contributed by atoms with Crippen LogP contribution < -0.4 is 19.8 Å². The summed E-state index contributed by atoms with van der Waals surface area (Å²) in [5.41, 5.74) is -0.756. The Morgan fingerprint density at radius 2 is 1.86 bits per heavy atom. The first kappa shape index (κ1) is 24.2. The Balaban J connectivity index is 1.73. The summed E-state index contributed by atoms with van der Waals surface area (Å²) in [5, 5.41) is 0.221. The molecule has 0 aliphatic carbocycles. The highest BCUT2D eigenvalue weighted by Gasteiger charge is 2.20. The van der Waals surface area contributed by atoms with Crippen LogP contribution >= 0.6 is 0 Å². The number of fused-ring (bicyclic) bond motifs is 1. The highest BCUT2D eigenvalue weighted by Crippen LogP contribution is 2.31. The standard InChI is InChI=1S/C23H18F3N3O5S/c1-12-14-10-17(25)20(33-22-16(24)6-4-8-28-22)11-19(14)34-23(30)15(12)9-13-5-3-7-18(21(13)26)29-35(31,32)27-2/h3-8,10-11,27,29H,9H2,1-2H3. The molecule has 0 bridgehead atoms. The highest BCUT2D eigenvalue weighted by molar-refractivity contribution is 7.90. The van der Waals surface area contributed by atoms with Crippen LogP contribution in [0, 0.1) is 24.4 Å². The lowest BCUT2D eigenvalue weighted by Crippen LogP contribution is -2.27. The van der Waals surface area contributed by atoms with E-state index in [2.05, 4.69) is 4.98 Å². The number of nitrogens with zero attached hydrogens (tertiary/aromatic N) is 1. The third kappa shape index (κ3) is 4.98. The molecule has 2 N–H and O–H groups in total. The number of pyridine rings is 1. The molecule has 182 valence electrons. The number of benzene rings is 2. The number of aryl methyl sites for hydroxylation is 1. The Kier molecular flexibility index (Phi) is 6.50. The number of nitrogens with one attached hydrogen (secondary N) is 2. The van der Waals surface area contributed by atoms with Gasteiger partial charge in [0.2, 0.25) is 0 Å². The fourth-order valence-electron chi connectivity index (χ4n) is 3.40. The number of halogens is 3. The van der Waals surface area contributed by atoms with Gasteiger partial charge in [-0.1, -0.05) is 12.1 Å². The van der Waals surface area contributed by atoms with Crippen molar-refractivity contribution < 1.29 is 30.7 Å². The maximum Gasteiger partial charge on any atom is 0.340 e. The van der Waals surface area contributed by atoms with E-state index >= 15 is 0 Å². The van der Waals surface area contributed by atoms with Gasteiger partial charge >= 0.3 is 5.63 Å². The van der Waals surface area contributed by atoms with Crippen LogP contribution in [0.1, 0.15) is 16.7 Å². The van der Waals surface area contributed by atoms with Gasteiger partial charge in [-0.05, 0) is 42.3 Å². The molecule has 0 unspecified atom stereocenters. The zero-order chi connectivity index (χ0) is 25.3. The van der Waals surface area contributed by atoms with Crippen molar-refractivity contribution in [3.05, 3.63) is 93.2 Å². The summed E-state index contributed by atoms with van der Waals surface area (Å²) >= 11 is 0. The Morgan fingerprint density at radius 3 is 2.57 bits per heavy atom. The molecule has 12 heteroatoms. The van der Waals surface area contributed by atoms with Gasteiger partial charge in [0.1, 0.15) is 5.58 Å². The summed E-state index contributed by atoms with van der Waals surface area (Å²) in [5.74, 6) is -3.40. The molecule has 0 saturated carbocycles. The minimum absolute atomic E-state index is 0.0158. The number of hydrogen-bond donors (Lipinski definition) is 2. The van der Waals surface area contributed by atoms with Gasteiger partial charge in [-0.3, -0.25) is 4.72 Å². The van der Waals surface area contributed by atoms with Crippen molar-refractivity contribution in [2.45, 2.75) is 13.3 Å². The summed E-state index contributed by atoms with van der Waals surface area (Å²) in [6.07, 6.45) is 1.02. The molecule has 8 nitrogen and oxygen atoms in total. The number of anilines is 1. The molecule has 4 rings (SSSR count). The molecular formula is C23H18F3N3O5S. The molecule has 2 heterocycles. The third-order valence-electron chi connectivity index (χ3n) is 5.23. The average molecular weight is 505 g/mol. The zero-order valence-electron chi connectivity index (χ0n) is 18.4. The molecule has 0 amide bonds. The van der Waals surface area contributed by atoms with Crippen LogP contribution in [0.3, 0.4) is 0 Å². The lowest BCUT2D eigenvalue weighted by molar-refractivity contribution is 0.398. The van der Waals surface area contributed by atoms with Crippen LogP contribution in [0.25, 0.3) is 11.0 Å². The van der Waals surface area contributed by atoms with Crippen molar-refractivity contribution in [2.24, 2.45) is 0 Å². The molecule has 0 fully saturated rings. The van der Waals surface area contributed by atoms with Crippen molar-refractivity contribution in [2.75, 3.05) is 11.8 Å². The minimum atomic E-state index is -3.97. The lowest BCUT2D eigenvalue weighted by Gasteiger charge is -2.13. The normalized spacial score (nSPS) is 11.6. The van der Waals surface area contributed by atoms with Crippen molar-refractivity contribution in [3.63, 3.8) is 0 Å². The molecule has 2 aromatic carbocycles. The van der Waals surface area contributed by atoms with E-state index in [-0.39, 0.29) is 34.2 Å². The van der Waals surface area contributed by atoms with Gasteiger partial charge in [-0.25, -0.2) is 27.7 Å². The minimum Gasteiger partial charge on any atom is -0.433 e. The molecule has 0 spiro atoms. The van der Waals surface area contributed by atoms with Crippen molar-refractivity contribution >= 4 is 26.9 Å². The molecule has 0 aliphatic heterocycles. The Bertz CT molecular complexity index is 1610. The SMILES string of the molecule is CNS(=O)(=O)Nc1cccc(Cc2c(C)c3cc(F)c(Oc4ncccc4F)cc3oc2=O)c1F. The lowest BCUT2D eigenvalue weighted by atomic mass is 9.99. The largest absolute Gasteiger partial charge is 0.433 e. The quantitative estimate of drug-likeness (QED) is 0.365. The van der Waals surface area contributed by atoms with Crippen molar-refractivity contribution in [1.82, 2.24) is 9.71 Å². The molecule has 2 aromatic heterocycles. The van der Waals surface area contributed by atoms with E-state index in [0.717, 1.165) is 25.2 Å². The number of ether oxygens (including phenoxy) is 1. The van der Waals surface area contributed by atoms with E-state index in [0.29, 0.717) is 5.56 Å². The van der Waals surface area contributed by atoms with Crippen LogP contribution in [0.4, 0.5) is 18.9 Å². The topological polar surface area (TPSA) is 111 Å². The van der Waals surface area contributed by atoms with Gasteiger partial charge in [0.05, 0.1) is 5.69 Å². The van der Waals surface area contributed by atoms with Crippen LogP contribution in [0.5, 0.6) is 11.6 Å². The van der Waals surface area contributed by atoms with Crippen molar-refractivity contribution in [3.8, 4) is 11.6 Å². The molecule has 0 aliphatic rings. The van der Waals surface area contributed by atoms with E-state index in [1.165, 1.54) is 30.5 Å².